The van der Waals surface area contributed by atoms with E-state index >= 15 is 0 Å². The molecule has 0 aliphatic rings. The molecule has 0 aliphatic carbocycles. The number of thiophene rings is 1. The first-order chi connectivity index (χ1) is 10.6. The lowest BCUT2D eigenvalue weighted by Gasteiger charge is -2.02. The van der Waals surface area contributed by atoms with Crippen LogP contribution in [0.15, 0.2) is 46.9 Å². The first-order valence-electron chi connectivity index (χ1n) is 6.63. The van der Waals surface area contributed by atoms with E-state index in [1.165, 1.54) is 6.92 Å². The number of rotatable bonds is 3. The molecule has 3 nitrogen and oxygen atoms in total. The fraction of sp³-hybridized carbons (Fsp3) is 0.118. The molecular formula is C17H13BrO3S. The van der Waals surface area contributed by atoms with Gasteiger partial charge < -0.3 is 9.47 Å². The van der Waals surface area contributed by atoms with Gasteiger partial charge in [0.1, 0.15) is 11.5 Å². The number of hydrogen-bond donors (Lipinski definition) is 0. The average Bonchev–Trinajstić information content (AvgIpc) is 2.83. The lowest BCUT2D eigenvalue weighted by atomic mass is 10.1. The normalized spacial score (nSPS) is 10.7. The fourth-order valence-corrected chi connectivity index (χ4v) is 4.28. The van der Waals surface area contributed by atoms with Crippen molar-refractivity contribution in [2.24, 2.45) is 0 Å². The molecule has 0 radical (unpaired) electrons. The van der Waals surface area contributed by atoms with E-state index in [2.05, 4.69) is 15.9 Å². The summed E-state index contributed by atoms with van der Waals surface area (Å²) in [7, 11) is 1.65. The standard InChI is InChI=1S/C17H13BrO3S/c1-10(19)21-13-7-8-14-15(9-13)22-17(16(14)18)11-3-5-12(20-2)6-4-11/h3-9H,1-2H3. The molecule has 112 valence electrons. The summed E-state index contributed by atoms with van der Waals surface area (Å²) in [5.41, 5.74) is 1.11. The van der Waals surface area contributed by atoms with Gasteiger partial charge in [-0.2, -0.15) is 0 Å². The first-order valence-corrected chi connectivity index (χ1v) is 8.24. The second-order valence-corrected chi connectivity index (χ2v) is 6.57. The number of ether oxygens (including phenoxy) is 2. The highest BCUT2D eigenvalue weighted by Gasteiger charge is 2.13. The zero-order valence-electron chi connectivity index (χ0n) is 12.1. The average molecular weight is 377 g/mol. The van der Waals surface area contributed by atoms with Crippen molar-refractivity contribution in [1.82, 2.24) is 0 Å². The van der Waals surface area contributed by atoms with Crippen LogP contribution >= 0.6 is 27.3 Å². The number of esters is 1. The second-order valence-electron chi connectivity index (χ2n) is 4.73. The highest BCUT2D eigenvalue weighted by atomic mass is 79.9. The SMILES string of the molecule is COc1ccc(-c2sc3cc(OC(C)=O)ccc3c2Br)cc1. The van der Waals surface area contributed by atoms with E-state index in [1.807, 2.05) is 36.4 Å². The summed E-state index contributed by atoms with van der Waals surface area (Å²) in [6, 6.07) is 13.6. The summed E-state index contributed by atoms with van der Waals surface area (Å²) in [4.78, 5) is 12.2. The van der Waals surface area contributed by atoms with Crippen LogP contribution in [0, 0.1) is 0 Å². The first kappa shape index (κ1) is 15.1. The van der Waals surface area contributed by atoms with E-state index in [1.54, 1.807) is 24.5 Å². The fourth-order valence-electron chi connectivity index (χ4n) is 2.20. The van der Waals surface area contributed by atoms with Crippen LogP contribution in [-0.4, -0.2) is 13.1 Å². The molecular weight excluding hydrogens is 364 g/mol. The second kappa shape index (κ2) is 6.10. The van der Waals surface area contributed by atoms with Crippen molar-refractivity contribution in [2.75, 3.05) is 7.11 Å². The third-order valence-electron chi connectivity index (χ3n) is 3.21. The van der Waals surface area contributed by atoms with Gasteiger partial charge in [-0.15, -0.1) is 11.3 Å². The van der Waals surface area contributed by atoms with Gasteiger partial charge in [0.15, 0.2) is 0 Å². The Bertz CT molecular complexity index is 837. The molecule has 0 N–H and O–H groups in total. The lowest BCUT2D eigenvalue weighted by molar-refractivity contribution is -0.131. The van der Waals surface area contributed by atoms with E-state index in [9.17, 15) is 4.79 Å². The zero-order chi connectivity index (χ0) is 15.7. The number of halogens is 1. The van der Waals surface area contributed by atoms with E-state index in [4.69, 9.17) is 9.47 Å². The number of benzene rings is 2. The van der Waals surface area contributed by atoms with Crippen molar-refractivity contribution >= 4 is 43.3 Å². The Morgan fingerprint density at radius 1 is 1.09 bits per heavy atom. The summed E-state index contributed by atoms with van der Waals surface area (Å²) < 4.78 is 12.4. The smallest absolute Gasteiger partial charge is 0.308 e. The predicted octanol–water partition coefficient (Wildman–Crippen LogP) is 5.26. The lowest BCUT2D eigenvalue weighted by Crippen LogP contribution is -2.00. The van der Waals surface area contributed by atoms with E-state index < -0.39 is 0 Å². The highest BCUT2D eigenvalue weighted by Crippen LogP contribution is 2.43. The Morgan fingerprint density at radius 2 is 1.77 bits per heavy atom. The summed E-state index contributed by atoms with van der Waals surface area (Å²) in [6.45, 7) is 1.40. The van der Waals surface area contributed by atoms with Crippen molar-refractivity contribution < 1.29 is 14.3 Å². The molecule has 0 spiro atoms. The third-order valence-corrected chi connectivity index (χ3v) is 5.50. The molecule has 5 heteroatoms. The summed E-state index contributed by atoms with van der Waals surface area (Å²) in [5.74, 6) is 1.08. The Hall–Kier alpha value is -1.85. The number of carbonyl (C=O) groups excluding carboxylic acids is 1. The van der Waals surface area contributed by atoms with Crippen molar-refractivity contribution in [2.45, 2.75) is 6.92 Å². The molecule has 0 atom stereocenters. The minimum atomic E-state index is -0.314. The van der Waals surface area contributed by atoms with Gasteiger partial charge in [-0.1, -0.05) is 0 Å². The molecule has 2 aromatic carbocycles. The molecule has 0 fully saturated rings. The van der Waals surface area contributed by atoms with Gasteiger partial charge in [0.25, 0.3) is 0 Å². The Kier molecular flexibility index (Phi) is 4.18. The van der Waals surface area contributed by atoms with Crippen LogP contribution in [0.2, 0.25) is 0 Å². The van der Waals surface area contributed by atoms with Gasteiger partial charge in [0, 0.05) is 26.4 Å². The largest absolute Gasteiger partial charge is 0.497 e. The van der Waals surface area contributed by atoms with Gasteiger partial charge in [-0.25, -0.2) is 0 Å². The molecule has 3 aromatic rings. The minimum absolute atomic E-state index is 0.314. The van der Waals surface area contributed by atoms with Gasteiger partial charge in [-0.05, 0) is 64.0 Å². The van der Waals surface area contributed by atoms with Crippen LogP contribution in [-0.2, 0) is 4.79 Å². The monoisotopic (exact) mass is 376 g/mol. The minimum Gasteiger partial charge on any atom is -0.497 e. The molecule has 0 unspecified atom stereocenters. The Labute approximate surface area is 140 Å². The Morgan fingerprint density at radius 3 is 2.41 bits per heavy atom. The van der Waals surface area contributed by atoms with Crippen LogP contribution in [0.1, 0.15) is 6.92 Å². The van der Waals surface area contributed by atoms with E-state index in [0.717, 1.165) is 30.7 Å². The number of hydrogen-bond acceptors (Lipinski definition) is 4. The number of methoxy groups -OCH3 is 1. The maximum absolute atomic E-state index is 11.1. The van der Waals surface area contributed by atoms with Gasteiger partial charge >= 0.3 is 5.97 Å². The predicted molar refractivity (Wildman–Crippen MR) is 92.8 cm³/mol. The summed E-state index contributed by atoms with van der Waals surface area (Å²) in [5, 5.41) is 1.10. The molecule has 0 amide bonds. The molecule has 1 aromatic heterocycles. The highest BCUT2D eigenvalue weighted by molar-refractivity contribution is 9.10. The van der Waals surface area contributed by atoms with E-state index in [-0.39, 0.29) is 5.97 Å². The quantitative estimate of drug-likeness (QED) is 0.461. The van der Waals surface area contributed by atoms with Crippen LogP contribution in [0.5, 0.6) is 11.5 Å². The van der Waals surface area contributed by atoms with E-state index in [0.29, 0.717) is 5.75 Å². The molecule has 1 heterocycles. The van der Waals surface area contributed by atoms with Gasteiger partial charge in [0.05, 0.1) is 7.11 Å². The van der Waals surface area contributed by atoms with Gasteiger partial charge in [0.2, 0.25) is 0 Å². The zero-order valence-corrected chi connectivity index (χ0v) is 14.5. The molecule has 0 aliphatic heterocycles. The van der Waals surface area contributed by atoms with Crippen LogP contribution in [0.3, 0.4) is 0 Å². The Balaban J connectivity index is 2.06. The summed E-state index contributed by atoms with van der Waals surface area (Å²) >= 11 is 5.32. The molecule has 0 saturated carbocycles. The molecule has 0 saturated heterocycles. The molecule has 0 bridgehead atoms. The summed E-state index contributed by atoms with van der Waals surface area (Å²) in [6.07, 6.45) is 0. The van der Waals surface area contributed by atoms with Crippen molar-refractivity contribution in [3.63, 3.8) is 0 Å². The topological polar surface area (TPSA) is 35.5 Å². The maximum Gasteiger partial charge on any atom is 0.308 e. The van der Waals surface area contributed by atoms with Crippen molar-refractivity contribution in [3.05, 3.63) is 46.9 Å². The van der Waals surface area contributed by atoms with Crippen molar-refractivity contribution in [1.29, 1.82) is 0 Å². The number of carbonyl (C=O) groups is 1. The maximum atomic E-state index is 11.1. The van der Waals surface area contributed by atoms with Gasteiger partial charge in [-0.3, -0.25) is 4.79 Å². The third kappa shape index (κ3) is 2.87. The molecule has 3 rings (SSSR count). The van der Waals surface area contributed by atoms with Crippen LogP contribution in [0.25, 0.3) is 20.5 Å². The number of fused-ring (bicyclic) bond motifs is 1. The van der Waals surface area contributed by atoms with Crippen LogP contribution < -0.4 is 9.47 Å². The van der Waals surface area contributed by atoms with Crippen LogP contribution in [0.4, 0.5) is 0 Å². The molecule has 22 heavy (non-hydrogen) atoms. The van der Waals surface area contributed by atoms with Crippen molar-refractivity contribution in [3.8, 4) is 21.9 Å².